The van der Waals surface area contributed by atoms with Crippen molar-refractivity contribution in [3.05, 3.63) is 20.8 Å². The molecule has 1 saturated heterocycles. The molecule has 0 spiro atoms. The molecule has 1 aliphatic heterocycles. The summed E-state index contributed by atoms with van der Waals surface area (Å²) in [6, 6.07) is 2.01. The van der Waals surface area contributed by atoms with Crippen LogP contribution in [0.4, 0.5) is 0 Å². The Morgan fingerprint density at radius 1 is 1.69 bits per heavy atom. The van der Waals surface area contributed by atoms with E-state index in [1.807, 2.05) is 11.4 Å². The van der Waals surface area contributed by atoms with Crippen LogP contribution < -0.4 is 10.6 Å². The van der Waals surface area contributed by atoms with Crippen molar-refractivity contribution in [2.75, 3.05) is 13.1 Å². The van der Waals surface area contributed by atoms with Gasteiger partial charge in [0.15, 0.2) is 0 Å². The summed E-state index contributed by atoms with van der Waals surface area (Å²) in [5.74, 6) is 0.725. The average molecular weight is 303 g/mol. The van der Waals surface area contributed by atoms with Gasteiger partial charge >= 0.3 is 0 Å². The van der Waals surface area contributed by atoms with Gasteiger partial charge in [-0.05, 0) is 39.8 Å². The standard InChI is InChI=1S/C11H15BrN2OS/c1-7-4-13-5-8(7)11(15)14-6-10-9(12)2-3-16-10/h2-3,7-8,13H,4-6H2,1H3,(H,14,15)/t7-,8-/m1/s1. The molecule has 0 unspecified atom stereocenters. The van der Waals surface area contributed by atoms with E-state index in [1.54, 1.807) is 11.3 Å². The zero-order valence-corrected chi connectivity index (χ0v) is 11.5. The topological polar surface area (TPSA) is 41.1 Å². The largest absolute Gasteiger partial charge is 0.351 e. The van der Waals surface area contributed by atoms with E-state index in [0.29, 0.717) is 12.5 Å². The van der Waals surface area contributed by atoms with Crippen molar-refractivity contribution in [3.8, 4) is 0 Å². The smallest absolute Gasteiger partial charge is 0.225 e. The third-order valence-electron chi connectivity index (χ3n) is 2.97. The Kier molecular flexibility index (Phi) is 4.00. The van der Waals surface area contributed by atoms with Crippen LogP contribution in [0.5, 0.6) is 0 Å². The first-order chi connectivity index (χ1) is 7.68. The molecule has 3 nitrogen and oxygen atoms in total. The molecule has 2 N–H and O–H groups in total. The highest BCUT2D eigenvalue weighted by molar-refractivity contribution is 9.10. The first-order valence-corrected chi connectivity index (χ1v) is 7.06. The second kappa shape index (κ2) is 5.29. The predicted octanol–water partition coefficient (Wildman–Crippen LogP) is 1.98. The van der Waals surface area contributed by atoms with Crippen LogP contribution in [0.3, 0.4) is 0 Å². The van der Waals surface area contributed by atoms with Gasteiger partial charge in [0.2, 0.25) is 5.91 Å². The van der Waals surface area contributed by atoms with Gasteiger partial charge in [0.05, 0.1) is 12.5 Å². The van der Waals surface area contributed by atoms with Gasteiger partial charge < -0.3 is 10.6 Å². The minimum absolute atomic E-state index is 0.124. The molecule has 0 aliphatic carbocycles. The number of thiophene rings is 1. The van der Waals surface area contributed by atoms with Crippen molar-refractivity contribution in [1.82, 2.24) is 10.6 Å². The van der Waals surface area contributed by atoms with Crippen molar-refractivity contribution < 1.29 is 4.79 Å². The van der Waals surface area contributed by atoms with Gasteiger partial charge in [-0.3, -0.25) is 4.79 Å². The number of nitrogens with one attached hydrogen (secondary N) is 2. The lowest BCUT2D eigenvalue weighted by atomic mass is 9.97. The van der Waals surface area contributed by atoms with E-state index in [2.05, 4.69) is 33.5 Å². The van der Waals surface area contributed by atoms with Gasteiger partial charge in [0.25, 0.3) is 0 Å². The quantitative estimate of drug-likeness (QED) is 0.896. The maximum absolute atomic E-state index is 11.9. The Morgan fingerprint density at radius 2 is 2.50 bits per heavy atom. The summed E-state index contributed by atoms with van der Waals surface area (Å²) >= 11 is 5.12. The summed E-state index contributed by atoms with van der Waals surface area (Å²) in [6.07, 6.45) is 0. The van der Waals surface area contributed by atoms with Gasteiger partial charge in [-0.2, -0.15) is 0 Å². The van der Waals surface area contributed by atoms with Crippen LogP contribution in [0, 0.1) is 11.8 Å². The van der Waals surface area contributed by atoms with Crippen molar-refractivity contribution in [2.24, 2.45) is 11.8 Å². The molecule has 16 heavy (non-hydrogen) atoms. The molecule has 1 aromatic heterocycles. The Hall–Kier alpha value is -0.390. The molecule has 0 aromatic carbocycles. The Bertz CT molecular complexity index is 380. The summed E-state index contributed by atoms with van der Waals surface area (Å²) in [4.78, 5) is 13.1. The minimum Gasteiger partial charge on any atom is -0.351 e. The molecule has 88 valence electrons. The molecular weight excluding hydrogens is 288 g/mol. The van der Waals surface area contributed by atoms with Crippen molar-refractivity contribution in [1.29, 1.82) is 0 Å². The maximum atomic E-state index is 11.9. The van der Waals surface area contributed by atoms with Crippen LogP contribution in [0.1, 0.15) is 11.8 Å². The van der Waals surface area contributed by atoms with Crippen molar-refractivity contribution in [3.63, 3.8) is 0 Å². The third-order valence-corrected chi connectivity index (χ3v) is 4.89. The summed E-state index contributed by atoms with van der Waals surface area (Å²) in [5, 5.41) is 8.26. The van der Waals surface area contributed by atoms with Crippen LogP contribution in [0.2, 0.25) is 0 Å². The molecule has 0 radical (unpaired) electrons. The number of carbonyl (C=O) groups is 1. The van der Waals surface area contributed by atoms with E-state index >= 15 is 0 Å². The lowest BCUT2D eigenvalue weighted by Crippen LogP contribution is -2.33. The zero-order valence-electron chi connectivity index (χ0n) is 9.13. The van der Waals surface area contributed by atoms with Gasteiger partial charge in [0.1, 0.15) is 0 Å². The Labute approximate surface area is 108 Å². The first-order valence-electron chi connectivity index (χ1n) is 5.39. The van der Waals surface area contributed by atoms with E-state index < -0.39 is 0 Å². The van der Waals surface area contributed by atoms with E-state index in [-0.39, 0.29) is 11.8 Å². The fraction of sp³-hybridized carbons (Fsp3) is 0.545. The number of hydrogen-bond acceptors (Lipinski definition) is 3. The lowest BCUT2D eigenvalue weighted by molar-refractivity contribution is -0.125. The normalized spacial score (nSPS) is 24.6. The molecular formula is C11H15BrN2OS. The fourth-order valence-corrected chi connectivity index (χ4v) is 3.34. The van der Waals surface area contributed by atoms with Gasteiger partial charge in [-0.25, -0.2) is 0 Å². The maximum Gasteiger partial charge on any atom is 0.225 e. The molecule has 5 heteroatoms. The average Bonchev–Trinajstić information content (AvgIpc) is 2.84. The molecule has 0 bridgehead atoms. The summed E-state index contributed by atoms with van der Waals surface area (Å²) < 4.78 is 1.08. The van der Waals surface area contributed by atoms with E-state index in [0.717, 1.165) is 17.6 Å². The lowest BCUT2D eigenvalue weighted by Gasteiger charge is -2.13. The number of amides is 1. The fourth-order valence-electron chi connectivity index (χ4n) is 1.91. The minimum atomic E-state index is 0.124. The molecule has 2 atom stereocenters. The third kappa shape index (κ3) is 2.64. The van der Waals surface area contributed by atoms with Gasteiger partial charge in [-0.15, -0.1) is 11.3 Å². The number of rotatable bonds is 3. The first kappa shape index (κ1) is 12.1. The number of halogens is 1. The molecule has 1 aliphatic rings. The summed E-state index contributed by atoms with van der Waals surface area (Å²) in [7, 11) is 0. The van der Waals surface area contributed by atoms with E-state index in [9.17, 15) is 4.79 Å². The highest BCUT2D eigenvalue weighted by Crippen LogP contribution is 2.22. The number of hydrogen-bond donors (Lipinski definition) is 2. The summed E-state index contributed by atoms with van der Waals surface area (Å²) in [5.41, 5.74) is 0. The Morgan fingerprint density at radius 3 is 3.06 bits per heavy atom. The predicted molar refractivity (Wildman–Crippen MR) is 69.4 cm³/mol. The Balaban J connectivity index is 1.86. The monoisotopic (exact) mass is 302 g/mol. The summed E-state index contributed by atoms with van der Waals surface area (Å²) in [6.45, 7) is 4.49. The van der Waals surface area contributed by atoms with E-state index in [4.69, 9.17) is 0 Å². The van der Waals surface area contributed by atoms with Gasteiger partial charge in [-0.1, -0.05) is 6.92 Å². The highest BCUT2D eigenvalue weighted by Gasteiger charge is 2.29. The van der Waals surface area contributed by atoms with E-state index in [1.165, 1.54) is 4.88 Å². The van der Waals surface area contributed by atoms with Crippen LogP contribution in [-0.2, 0) is 11.3 Å². The molecule has 2 heterocycles. The molecule has 1 aromatic rings. The molecule has 1 fully saturated rings. The molecule has 2 rings (SSSR count). The van der Waals surface area contributed by atoms with Crippen LogP contribution in [0.25, 0.3) is 0 Å². The molecule has 0 saturated carbocycles. The van der Waals surface area contributed by atoms with Crippen LogP contribution >= 0.6 is 27.3 Å². The highest BCUT2D eigenvalue weighted by atomic mass is 79.9. The zero-order chi connectivity index (χ0) is 11.5. The van der Waals surface area contributed by atoms with Gasteiger partial charge in [0, 0.05) is 15.9 Å². The van der Waals surface area contributed by atoms with Crippen LogP contribution in [0.15, 0.2) is 15.9 Å². The second-order valence-electron chi connectivity index (χ2n) is 4.15. The SMILES string of the molecule is C[C@@H]1CNC[C@H]1C(=O)NCc1sccc1Br. The van der Waals surface area contributed by atoms with Crippen LogP contribution in [-0.4, -0.2) is 19.0 Å². The number of carbonyl (C=O) groups excluding carboxylic acids is 1. The van der Waals surface area contributed by atoms with Crippen molar-refractivity contribution in [2.45, 2.75) is 13.5 Å². The van der Waals surface area contributed by atoms with Crippen molar-refractivity contribution >= 4 is 33.2 Å². The molecule has 1 amide bonds. The second-order valence-corrected chi connectivity index (χ2v) is 6.01.